The molecule has 2 fully saturated rings. The summed E-state index contributed by atoms with van der Waals surface area (Å²) in [5, 5.41) is 3.09. The molecule has 0 aromatic heterocycles. The van der Waals surface area contributed by atoms with Gasteiger partial charge in [-0.15, -0.1) is 0 Å². The minimum absolute atomic E-state index is 0.179. The number of likely N-dealkylation sites (tertiary alicyclic amines) is 1. The van der Waals surface area contributed by atoms with Crippen molar-refractivity contribution in [3.63, 3.8) is 0 Å². The van der Waals surface area contributed by atoms with Crippen molar-refractivity contribution >= 4 is 11.6 Å². The predicted molar refractivity (Wildman–Crippen MR) is 105 cm³/mol. The van der Waals surface area contributed by atoms with Crippen LogP contribution in [0.2, 0.25) is 0 Å². The van der Waals surface area contributed by atoms with E-state index in [1.165, 1.54) is 5.56 Å². The van der Waals surface area contributed by atoms with Gasteiger partial charge in [-0.25, -0.2) is 0 Å². The zero-order valence-corrected chi connectivity index (χ0v) is 15.4. The Kier molecular flexibility index (Phi) is 4.05. The van der Waals surface area contributed by atoms with Gasteiger partial charge in [0, 0.05) is 36.8 Å². The highest BCUT2D eigenvalue weighted by molar-refractivity contribution is 5.93. The zero-order chi connectivity index (χ0) is 18.3. The van der Waals surface area contributed by atoms with Gasteiger partial charge in [0.25, 0.3) is 0 Å². The van der Waals surface area contributed by atoms with E-state index < -0.39 is 5.54 Å². The molecule has 0 aliphatic carbocycles. The summed E-state index contributed by atoms with van der Waals surface area (Å²) in [6.07, 6.45) is 2.72. The lowest BCUT2D eigenvalue weighted by atomic mass is 9.84. The number of anilines is 1. The lowest BCUT2D eigenvalue weighted by Gasteiger charge is -2.46. The number of benzene rings is 2. The number of nitrogens with zero attached hydrogens (tertiary/aromatic N) is 2. The smallest absolute Gasteiger partial charge is 0.247 e. The summed E-state index contributed by atoms with van der Waals surface area (Å²) in [7, 11) is 0. The van der Waals surface area contributed by atoms with Crippen LogP contribution in [0.15, 0.2) is 54.6 Å². The van der Waals surface area contributed by atoms with Crippen LogP contribution in [0, 0.1) is 0 Å². The lowest BCUT2D eigenvalue weighted by Crippen LogP contribution is -2.57. The molecule has 2 aromatic carbocycles. The van der Waals surface area contributed by atoms with E-state index >= 15 is 0 Å². The molecule has 2 aromatic rings. The average molecular weight is 363 g/mol. The first kappa shape index (κ1) is 16.6. The predicted octanol–water partition coefficient (Wildman–Crippen LogP) is 2.94. The Morgan fingerprint density at radius 1 is 1.00 bits per heavy atom. The molecule has 3 heterocycles. The standard InChI is InChI=1S/C22H25N3O2/c26-21-22(25(16-23-21)17-6-2-1-3-7-17)11-13-24(14-12-22)19-10-15-27-20-9-5-4-8-18(19)20/h1-9,19H,10-16H2,(H,23,26)/t19-/m1/s1. The minimum Gasteiger partial charge on any atom is -0.493 e. The topological polar surface area (TPSA) is 44.8 Å². The van der Waals surface area contributed by atoms with Crippen molar-refractivity contribution in [2.24, 2.45) is 0 Å². The van der Waals surface area contributed by atoms with Gasteiger partial charge >= 0.3 is 0 Å². The van der Waals surface area contributed by atoms with Crippen LogP contribution in [0.3, 0.4) is 0 Å². The number of amides is 1. The van der Waals surface area contributed by atoms with Crippen molar-refractivity contribution in [3.05, 3.63) is 60.2 Å². The summed E-state index contributed by atoms with van der Waals surface area (Å²) >= 11 is 0. The molecule has 1 atom stereocenters. The molecule has 1 amide bonds. The fourth-order valence-corrected chi connectivity index (χ4v) is 4.94. The third kappa shape index (κ3) is 2.69. The Morgan fingerprint density at radius 2 is 1.74 bits per heavy atom. The van der Waals surface area contributed by atoms with E-state index in [0.29, 0.717) is 12.7 Å². The van der Waals surface area contributed by atoms with Gasteiger partial charge in [0.1, 0.15) is 11.3 Å². The molecule has 2 saturated heterocycles. The van der Waals surface area contributed by atoms with E-state index in [4.69, 9.17) is 4.74 Å². The molecule has 27 heavy (non-hydrogen) atoms. The van der Waals surface area contributed by atoms with E-state index in [0.717, 1.165) is 50.4 Å². The Labute approximate surface area is 159 Å². The SMILES string of the molecule is O=C1NCN(c2ccccc2)C12CCN([C@@H]1CCOc3ccccc31)CC2. The molecule has 0 saturated carbocycles. The van der Waals surface area contributed by atoms with Crippen molar-refractivity contribution in [1.82, 2.24) is 10.2 Å². The second kappa shape index (κ2) is 6.57. The second-order valence-electron chi connectivity index (χ2n) is 7.69. The Morgan fingerprint density at radius 3 is 2.56 bits per heavy atom. The quantitative estimate of drug-likeness (QED) is 0.891. The number of nitrogens with one attached hydrogen (secondary N) is 1. The van der Waals surface area contributed by atoms with E-state index in [-0.39, 0.29) is 5.91 Å². The van der Waals surface area contributed by atoms with Gasteiger partial charge in [-0.1, -0.05) is 36.4 Å². The van der Waals surface area contributed by atoms with E-state index in [2.05, 4.69) is 45.4 Å². The molecule has 5 heteroatoms. The molecule has 0 unspecified atom stereocenters. The van der Waals surface area contributed by atoms with Crippen molar-refractivity contribution in [2.75, 3.05) is 31.3 Å². The number of para-hydroxylation sites is 2. The fourth-order valence-electron chi connectivity index (χ4n) is 4.94. The molecule has 1 N–H and O–H groups in total. The van der Waals surface area contributed by atoms with E-state index in [1.807, 2.05) is 24.3 Å². The van der Waals surface area contributed by atoms with Gasteiger partial charge in [-0.3, -0.25) is 9.69 Å². The lowest BCUT2D eigenvalue weighted by molar-refractivity contribution is -0.125. The Bertz CT molecular complexity index is 830. The molecular weight excluding hydrogens is 338 g/mol. The fraction of sp³-hybridized carbons (Fsp3) is 0.409. The highest BCUT2D eigenvalue weighted by atomic mass is 16.5. The number of carbonyl (C=O) groups excluding carboxylic acids is 1. The largest absolute Gasteiger partial charge is 0.493 e. The van der Waals surface area contributed by atoms with Crippen LogP contribution in [0.4, 0.5) is 5.69 Å². The molecule has 0 radical (unpaired) electrons. The van der Waals surface area contributed by atoms with Crippen LogP contribution in [0.5, 0.6) is 5.75 Å². The van der Waals surface area contributed by atoms with Crippen molar-refractivity contribution in [2.45, 2.75) is 30.8 Å². The molecule has 5 rings (SSSR count). The molecule has 1 spiro atoms. The molecule has 3 aliphatic heterocycles. The molecule has 140 valence electrons. The van der Waals surface area contributed by atoms with Crippen LogP contribution in [-0.4, -0.2) is 42.7 Å². The molecule has 3 aliphatic rings. The summed E-state index contributed by atoms with van der Waals surface area (Å²) in [4.78, 5) is 17.6. The number of fused-ring (bicyclic) bond motifs is 1. The van der Waals surface area contributed by atoms with Gasteiger partial charge in [0.15, 0.2) is 0 Å². The molecule has 0 bridgehead atoms. The maximum absolute atomic E-state index is 12.8. The Hall–Kier alpha value is -2.53. The van der Waals surface area contributed by atoms with Crippen LogP contribution < -0.4 is 15.0 Å². The number of rotatable bonds is 2. The second-order valence-corrected chi connectivity index (χ2v) is 7.69. The maximum Gasteiger partial charge on any atom is 0.247 e. The third-order valence-electron chi connectivity index (χ3n) is 6.40. The summed E-state index contributed by atoms with van der Waals surface area (Å²) < 4.78 is 5.83. The van der Waals surface area contributed by atoms with E-state index in [1.54, 1.807) is 0 Å². The number of hydrogen-bond acceptors (Lipinski definition) is 4. The first-order valence-electron chi connectivity index (χ1n) is 9.85. The summed E-state index contributed by atoms with van der Waals surface area (Å²) in [6.45, 7) is 3.22. The van der Waals surface area contributed by atoms with Crippen molar-refractivity contribution in [3.8, 4) is 5.75 Å². The monoisotopic (exact) mass is 363 g/mol. The number of carbonyl (C=O) groups is 1. The van der Waals surface area contributed by atoms with Gasteiger partial charge < -0.3 is 15.0 Å². The maximum atomic E-state index is 12.8. The summed E-state index contributed by atoms with van der Waals surface area (Å²) in [5.41, 5.74) is 2.00. The minimum atomic E-state index is -0.414. The summed E-state index contributed by atoms with van der Waals surface area (Å²) in [6, 6.07) is 19.1. The Balaban J connectivity index is 1.37. The van der Waals surface area contributed by atoms with Gasteiger partial charge in [-0.2, -0.15) is 0 Å². The number of hydrogen-bond donors (Lipinski definition) is 1. The molecule has 5 nitrogen and oxygen atoms in total. The van der Waals surface area contributed by atoms with Crippen molar-refractivity contribution < 1.29 is 9.53 Å². The number of ether oxygens (including phenoxy) is 1. The summed E-state index contributed by atoms with van der Waals surface area (Å²) in [5.74, 6) is 1.19. The van der Waals surface area contributed by atoms with Crippen LogP contribution in [0.1, 0.15) is 30.9 Å². The van der Waals surface area contributed by atoms with Crippen LogP contribution in [0.25, 0.3) is 0 Å². The van der Waals surface area contributed by atoms with Gasteiger partial charge in [0.2, 0.25) is 5.91 Å². The van der Waals surface area contributed by atoms with Crippen LogP contribution >= 0.6 is 0 Å². The van der Waals surface area contributed by atoms with Gasteiger partial charge in [0.05, 0.1) is 13.3 Å². The third-order valence-corrected chi connectivity index (χ3v) is 6.40. The average Bonchev–Trinajstić information content (AvgIpc) is 3.05. The molecular formula is C22H25N3O2. The first-order valence-corrected chi connectivity index (χ1v) is 9.85. The number of piperidine rings is 1. The van der Waals surface area contributed by atoms with E-state index in [9.17, 15) is 4.79 Å². The van der Waals surface area contributed by atoms with Crippen molar-refractivity contribution in [1.29, 1.82) is 0 Å². The van der Waals surface area contributed by atoms with Crippen LogP contribution in [-0.2, 0) is 4.79 Å². The zero-order valence-electron chi connectivity index (χ0n) is 15.4. The van der Waals surface area contributed by atoms with Gasteiger partial charge in [-0.05, 0) is 31.0 Å². The highest BCUT2D eigenvalue weighted by Crippen LogP contribution is 2.41. The normalized spacial score (nSPS) is 24.4. The first-order chi connectivity index (χ1) is 13.3. The highest BCUT2D eigenvalue weighted by Gasteiger charge is 2.51.